The van der Waals surface area contributed by atoms with Gasteiger partial charge in [-0.3, -0.25) is 9.69 Å². The predicted octanol–water partition coefficient (Wildman–Crippen LogP) is 2.09. The van der Waals surface area contributed by atoms with Crippen LogP contribution in [0.15, 0.2) is 22.7 Å². The first-order valence-electron chi connectivity index (χ1n) is 9.21. The highest BCUT2D eigenvalue weighted by molar-refractivity contribution is 6.22. The molecule has 10 heteroatoms. The molecule has 0 bridgehead atoms. The van der Waals surface area contributed by atoms with E-state index < -0.39 is 6.04 Å². The lowest BCUT2D eigenvalue weighted by molar-refractivity contribution is -0.121. The third-order valence-corrected chi connectivity index (χ3v) is 5.47. The fourth-order valence-electron chi connectivity index (χ4n) is 4.10. The maximum atomic E-state index is 13.0. The average Bonchev–Trinajstić information content (AvgIpc) is 3.34. The lowest BCUT2D eigenvalue weighted by atomic mass is 10.1. The van der Waals surface area contributed by atoms with Crippen molar-refractivity contribution in [2.75, 3.05) is 31.3 Å². The van der Waals surface area contributed by atoms with Gasteiger partial charge in [-0.15, -0.1) is 12.4 Å². The van der Waals surface area contributed by atoms with Crippen LogP contribution in [0.3, 0.4) is 0 Å². The highest BCUT2D eigenvalue weighted by Gasteiger charge is 2.49. The topological polar surface area (TPSA) is 88.3 Å². The van der Waals surface area contributed by atoms with Crippen molar-refractivity contribution in [2.45, 2.75) is 26.4 Å². The molecule has 0 N–H and O–H groups in total. The van der Waals surface area contributed by atoms with Crippen LogP contribution in [0.25, 0.3) is 0 Å². The average molecular weight is 421 g/mol. The first-order chi connectivity index (χ1) is 13.5. The Bertz CT molecular complexity index is 958. The molecule has 2 fully saturated rings. The maximum Gasteiger partial charge on any atom is 0.332 e. The number of anilines is 1. The molecule has 1 aromatic heterocycles. The van der Waals surface area contributed by atoms with Gasteiger partial charge >= 0.3 is 6.03 Å². The minimum Gasteiger partial charge on any atom is -0.454 e. The Morgan fingerprint density at radius 2 is 1.93 bits per heavy atom. The van der Waals surface area contributed by atoms with Crippen LogP contribution in [0.4, 0.5) is 10.5 Å². The molecule has 4 heterocycles. The van der Waals surface area contributed by atoms with Gasteiger partial charge < -0.3 is 18.9 Å². The second kappa shape index (κ2) is 7.23. The van der Waals surface area contributed by atoms with Crippen molar-refractivity contribution in [1.29, 1.82) is 0 Å². The van der Waals surface area contributed by atoms with Crippen molar-refractivity contribution < 1.29 is 23.6 Å². The predicted molar refractivity (Wildman–Crippen MR) is 104 cm³/mol. The molecule has 1 unspecified atom stereocenters. The van der Waals surface area contributed by atoms with Crippen LogP contribution >= 0.6 is 12.4 Å². The summed E-state index contributed by atoms with van der Waals surface area (Å²) >= 11 is 0. The van der Waals surface area contributed by atoms with Crippen LogP contribution in [0.1, 0.15) is 17.0 Å². The highest BCUT2D eigenvalue weighted by atomic mass is 35.5. The number of rotatable bonds is 3. The quantitative estimate of drug-likeness (QED) is 0.702. The second-order valence-electron chi connectivity index (χ2n) is 7.26. The molecule has 0 aliphatic carbocycles. The zero-order valence-corrected chi connectivity index (χ0v) is 16.9. The van der Waals surface area contributed by atoms with Crippen LogP contribution in [-0.4, -0.2) is 59.4 Å². The van der Waals surface area contributed by atoms with Gasteiger partial charge in [0.25, 0.3) is 5.91 Å². The summed E-state index contributed by atoms with van der Waals surface area (Å²) in [5.74, 6) is 1.74. The fourth-order valence-corrected chi connectivity index (χ4v) is 4.10. The molecule has 3 aliphatic heterocycles. The highest BCUT2D eigenvalue weighted by Crippen LogP contribution is 2.34. The number of carbonyl (C=O) groups is 2. The summed E-state index contributed by atoms with van der Waals surface area (Å²) in [5.41, 5.74) is 2.08. The van der Waals surface area contributed by atoms with Gasteiger partial charge in [-0.1, -0.05) is 11.2 Å². The Morgan fingerprint density at radius 1 is 1.14 bits per heavy atom. The van der Waals surface area contributed by atoms with Crippen molar-refractivity contribution in [3.8, 4) is 11.5 Å². The van der Waals surface area contributed by atoms with Gasteiger partial charge in [-0.2, -0.15) is 0 Å². The molecule has 0 radical (unpaired) electrons. The van der Waals surface area contributed by atoms with E-state index in [0.717, 1.165) is 17.1 Å². The number of imide groups is 1. The number of aryl methyl sites for hydroxylation is 2. The largest absolute Gasteiger partial charge is 0.454 e. The molecule has 0 spiro atoms. The number of nitrogens with zero attached hydrogens (tertiary/aromatic N) is 4. The van der Waals surface area contributed by atoms with E-state index in [4.69, 9.17) is 14.0 Å². The van der Waals surface area contributed by atoms with E-state index in [2.05, 4.69) is 10.1 Å². The lowest BCUT2D eigenvalue weighted by Gasteiger charge is -2.35. The number of ether oxygens (including phenoxy) is 2. The van der Waals surface area contributed by atoms with Gasteiger partial charge in [-0.05, 0) is 31.5 Å². The Kier molecular flexibility index (Phi) is 4.87. The molecule has 5 rings (SSSR count). The zero-order chi connectivity index (χ0) is 19.4. The normalized spacial score (nSPS) is 20.8. The van der Waals surface area contributed by atoms with Gasteiger partial charge in [0.15, 0.2) is 17.3 Å². The number of amides is 3. The maximum absolute atomic E-state index is 13.0. The summed E-state index contributed by atoms with van der Waals surface area (Å²) in [6.07, 6.45) is 0. The van der Waals surface area contributed by atoms with Crippen molar-refractivity contribution in [1.82, 2.24) is 15.0 Å². The number of aromatic nitrogens is 1. The summed E-state index contributed by atoms with van der Waals surface area (Å²) in [7, 11) is 0. The first kappa shape index (κ1) is 19.5. The minimum atomic E-state index is -0.496. The molecular weight excluding hydrogens is 400 g/mol. The van der Waals surface area contributed by atoms with Gasteiger partial charge in [0.05, 0.1) is 0 Å². The number of hydrogen-bond donors (Lipinski definition) is 0. The summed E-state index contributed by atoms with van der Waals surface area (Å²) in [5, 5.41) is 3.87. The molecule has 3 aliphatic rings. The number of carbonyl (C=O) groups excluding carboxylic acids is 2. The molecule has 0 saturated carbocycles. The molecule has 154 valence electrons. The molecule has 29 heavy (non-hydrogen) atoms. The monoisotopic (exact) mass is 420 g/mol. The Morgan fingerprint density at radius 3 is 2.69 bits per heavy atom. The Hall–Kier alpha value is -2.78. The van der Waals surface area contributed by atoms with Crippen LogP contribution in [0, 0.1) is 13.8 Å². The van der Waals surface area contributed by atoms with E-state index in [0.29, 0.717) is 43.3 Å². The van der Waals surface area contributed by atoms with Gasteiger partial charge in [0.2, 0.25) is 6.79 Å². The van der Waals surface area contributed by atoms with Crippen molar-refractivity contribution in [2.24, 2.45) is 0 Å². The van der Waals surface area contributed by atoms with E-state index in [1.807, 2.05) is 18.2 Å². The molecule has 2 aromatic rings. The standard InChI is InChI=1S/C19H20N4O5.ClH/c1-11-17(12(2)28-20-11)23-18(24)14-9-21(5-6-22(14)19(23)25)8-13-3-4-15-16(7-13)27-10-26-15;/h3-4,7,14H,5-6,8-10H2,1-2H3;1H. The number of halogens is 1. The van der Waals surface area contributed by atoms with Gasteiger partial charge in [-0.25, -0.2) is 9.69 Å². The van der Waals surface area contributed by atoms with E-state index >= 15 is 0 Å². The Labute approximate surface area is 173 Å². The van der Waals surface area contributed by atoms with Crippen LogP contribution < -0.4 is 14.4 Å². The lowest BCUT2D eigenvalue weighted by Crippen LogP contribution is -2.52. The minimum absolute atomic E-state index is 0. The fraction of sp³-hybridized carbons (Fsp3) is 0.421. The van der Waals surface area contributed by atoms with Gasteiger partial charge in [0.1, 0.15) is 17.4 Å². The van der Waals surface area contributed by atoms with Crippen molar-refractivity contribution >= 4 is 30.0 Å². The Balaban J connectivity index is 0.00000205. The second-order valence-corrected chi connectivity index (χ2v) is 7.26. The van der Waals surface area contributed by atoms with Crippen LogP contribution in [0.5, 0.6) is 11.5 Å². The number of benzene rings is 1. The van der Waals surface area contributed by atoms with Crippen molar-refractivity contribution in [3.63, 3.8) is 0 Å². The third-order valence-electron chi connectivity index (χ3n) is 5.47. The van der Waals surface area contributed by atoms with E-state index in [-0.39, 0.29) is 31.1 Å². The molecule has 3 amide bonds. The number of hydrogen-bond acceptors (Lipinski definition) is 7. The van der Waals surface area contributed by atoms with Crippen LogP contribution in [0.2, 0.25) is 0 Å². The third kappa shape index (κ3) is 3.10. The molecule has 1 atom stereocenters. The molecule has 1 aromatic carbocycles. The SMILES string of the molecule is Cc1noc(C)c1N1C(=O)C2CN(Cc3ccc4c(c3)OCO4)CCN2C1=O.Cl. The van der Waals surface area contributed by atoms with Gasteiger partial charge in [0, 0.05) is 26.2 Å². The van der Waals surface area contributed by atoms with Crippen molar-refractivity contribution in [3.05, 3.63) is 35.2 Å². The van der Waals surface area contributed by atoms with E-state index in [9.17, 15) is 9.59 Å². The summed E-state index contributed by atoms with van der Waals surface area (Å²) in [6, 6.07) is 5.07. The number of urea groups is 1. The molecular formula is C19H21ClN4O5. The number of piperazine rings is 1. The van der Waals surface area contributed by atoms with Crippen LogP contribution in [-0.2, 0) is 11.3 Å². The zero-order valence-electron chi connectivity index (χ0n) is 16.1. The molecule has 2 saturated heterocycles. The van der Waals surface area contributed by atoms with E-state index in [1.54, 1.807) is 18.7 Å². The summed E-state index contributed by atoms with van der Waals surface area (Å²) in [4.78, 5) is 30.9. The van der Waals surface area contributed by atoms with E-state index in [1.165, 1.54) is 4.90 Å². The first-order valence-corrected chi connectivity index (χ1v) is 9.21. The smallest absolute Gasteiger partial charge is 0.332 e. The summed E-state index contributed by atoms with van der Waals surface area (Å²) < 4.78 is 15.9. The molecule has 9 nitrogen and oxygen atoms in total. The number of fused-ring (bicyclic) bond motifs is 2. The summed E-state index contributed by atoms with van der Waals surface area (Å²) in [6.45, 7) is 6.04.